The summed E-state index contributed by atoms with van der Waals surface area (Å²) in [5.74, 6) is -1.12. The van der Waals surface area contributed by atoms with Gasteiger partial charge in [-0.05, 0) is 6.92 Å². The number of aromatic nitrogens is 3. The molecule has 0 bridgehead atoms. The number of carboxylic acids is 1. The van der Waals surface area contributed by atoms with E-state index in [1.165, 1.54) is 23.9 Å². The molecule has 0 radical (unpaired) electrons. The molecule has 2 aromatic heterocycles. The van der Waals surface area contributed by atoms with Crippen LogP contribution in [0, 0.1) is 6.92 Å². The minimum absolute atomic E-state index is 0.125. The Labute approximate surface area is 118 Å². The van der Waals surface area contributed by atoms with Gasteiger partial charge in [0.1, 0.15) is 6.04 Å². The maximum atomic E-state index is 11.7. The lowest BCUT2D eigenvalue weighted by Gasteiger charge is -2.13. The van der Waals surface area contributed by atoms with E-state index < -0.39 is 18.0 Å². The number of carbonyl (C=O) groups is 2. The topological polar surface area (TPSA) is 120 Å². The molecule has 9 heteroatoms. The Balaban J connectivity index is 1.94. The van der Waals surface area contributed by atoms with E-state index in [0.717, 1.165) is 5.69 Å². The Morgan fingerprint density at radius 2 is 2.35 bits per heavy atom. The second-order valence-corrected chi connectivity index (χ2v) is 4.92. The van der Waals surface area contributed by atoms with Crippen molar-refractivity contribution in [2.45, 2.75) is 19.4 Å². The van der Waals surface area contributed by atoms with Crippen molar-refractivity contribution in [2.24, 2.45) is 0 Å². The van der Waals surface area contributed by atoms with E-state index in [4.69, 9.17) is 5.11 Å². The smallest absolute Gasteiger partial charge is 0.326 e. The van der Waals surface area contributed by atoms with Gasteiger partial charge in [-0.2, -0.15) is 0 Å². The van der Waals surface area contributed by atoms with E-state index in [-0.39, 0.29) is 6.42 Å². The highest BCUT2D eigenvalue weighted by Crippen LogP contribution is 2.14. The summed E-state index contributed by atoms with van der Waals surface area (Å²) < 4.78 is 0. The molecule has 0 unspecified atom stereocenters. The van der Waals surface area contributed by atoms with Gasteiger partial charge < -0.3 is 15.4 Å². The summed E-state index contributed by atoms with van der Waals surface area (Å²) in [6, 6.07) is -1.65. The number of thiazole rings is 1. The van der Waals surface area contributed by atoms with Crippen LogP contribution in [0.1, 0.15) is 11.4 Å². The number of nitrogens with zero attached hydrogens (tertiary/aromatic N) is 2. The third-order valence-electron chi connectivity index (χ3n) is 2.42. The van der Waals surface area contributed by atoms with Crippen molar-refractivity contribution < 1.29 is 14.7 Å². The first-order valence-corrected chi connectivity index (χ1v) is 6.62. The van der Waals surface area contributed by atoms with Crippen LogP contribution >= 0.6 is 11.3 Å². The van der Waals surface area contributed by atoms with E-state index in [0.29, 0.717) is 10.8 Å². The lowest BCUT2D eigenvalue weighted by molar-refractivity contribution is -0.139. The molecule has 2 amide bonds. The van der Waals surface area contributed by atoms with E-state index in [1.807, 2.05) is 0 Å². The van der Waals surface area contributed by atoms with Crippen LogP contribution in [0.4, 0.5) is 9.93 Å². The molecule has 1 atom stereocenters. The highest BCUT2D eigenvalue weighted by Gasteiger charge is 2.21. The SMILES string of the molecule is Cc1csc(NC(=O)N[C@@H](Cc2cnc[nH]2)C(=O)O)n1. The molecule has 106 valence electrons. The normalized spacial score (nSPS) is 11.8. The summed E-state index contributed by atoms with van der Waals surface area (Å²) in [5.41, 5.74) is 1.42. The quantitative estimate of drug-likeness (QED) is 0.655. The number of amides is 2. The Hall–Kier alpha value is -2.42. The van der Waals surface area contributed by atoms with Gasteiger partial charge in [0.15, 0.2) is 5.13 Å². The zero-order valence-corrected chi connectivity index (χ0v) is 11.4. The van der Waals surface area contributed by atoms with E-state index in [1.54, 1.807) is 12.3 Å². The predicted molar refractivity (Wildman–Crippen MR) is 72.7 cm³/mol. The number of nitrogens with one attached hydrogen (secondary N) is 3. The number of carbonyl (C=O) groups excluding carboxylic acids is 1. The summed E-state index contributed by atoms with van der Waals surface area (Å²) in [6.45, 7) is 1.80. The van der Waals surface area contributed by atoms with Gasteiger partial charge in [-0.1, -0.05) is 0 Å². The second-order valence-electron chi connectivity index (χ2n) is 4.06. The standard InChI is InChI=1S/C11H13N5O3S/c1-6-4-20-11(14-6)16-10(19)15-8(9(17)18)2-7-3-12-5-13-7/h3-5,8H,2H2,1H3,(H,12,13)(H,17,18)(H2,14,15,16,19)/t8-/m0/s1. The molecular weight excluding hydrogens is 282 g/mol. The Bertz CT molecular complexity index is 595. The van der Waals surface area contributed by atoms with Crippen LogP contribution in [0.3, 0.4) is 0 Å². The van der Waals surface area contributed by atoms with Crippen molar-refractivity contribution in [3.05, 3.63) is 29.3 Å². The van der Waals surface area contributed by atoms with Crippen LogP contribution in [-0.4, -0.2) is 38.1 Å². The van der Waals surface area contributed by atoms with Crippen LogP contribution in [0.5, 0.6) is 0 Å². The van der Waals surface area contributed by atoms with Crippen molar-refractivity contribution in [3.8, 4) is 0 Å². The molecule has 8 nitrogen and oxygen atoms in total. The highest BCUT2D eigenvalue weighted by atomic mass is 32.1. The number of urea groups is 1. The summed E-state index contributed by atoms with van der Waals surface area (Å²) >= 11 is 1.27. The van der Waals surface area contributed by atoms with Gasteiger partial charge in [0.05, 0.1) is 12.0 Å². The van der Waals surface area contributed by atoms with Crippen molar-refractivity contribution in [1.82, 2.24) is 20.3 Å². The first kappa shape index (κ1) is 14.0. The average Bonchev–Trinajstić information content (AvgIpc) is 3.00. The Kier molecular flexibility index (Phi) is 4.31. The van der Waals surface area contributed by atoms with Crippen molar-refractivity contribution in [3.63, 3.8) is 0 Å². The van der Waals surface area contributed by atoms with E-state index in [2.05, 4.69) is 25.6 Å². The van der Waals surface area contributed by atoms with Gasteiger partial charge in [0.2, 0.25) is 0 Å². The number of anilines is 1. The molecule has 2 heterocycles. The Morgan fingerprint density at radius 3 is 2.90 bits per heavy atom. The summed E-state index contributed by atoms with van der Waals surface area (Å²) in [6.07, 6.45) is 3.09. The van der Waals surface area contributed by atoms with Gasteiger partial charge in [0.25, 0.3) is 0 Å². The largest absolute Gasteiger partial charge is 0.480 e. The fourth-order valence-electron chi connectivity index (χ4n) is 1.52. The molecule has 0 fully saturated rings. The van der Waals surface area contributed by atoms with E-state index in [9.17, 15) is 9.59 Å². The summed E-state index contributed by atoms with van der Waals surface area (Å²) in [5, 5.41) is 16.2. The van der Waals surface area contributed by atoms with Gasteiger partial charge in [0, 0.05) is 23.7 Å². The van der Waals surface area contributed by atoms with Crippen LogP contribution in [-0.2, 0) is 11.2 Å². The molecular formula is C11H13N5O3S. The van der Waals surface area contributed by atoms with Crippen LogP contribution in [0.2, 0.25) is 0 Å². The molecule has 20 heavy (non-hydrogen) atoms. The molecule has 0 aliphatic carbocycles. The molecule has 0 aliphatic heterocycles. The molecule has 0 spiro atoms. The third kappa shape index (κ3) is 3.79. The number of carboxylic acid groups (broad SMARTS) is 1. The number of aliphatic carboxylic acids is 1. The number of imidazole rings is 1. The number of aromatic amines is 1. The summed E-state index contributed by atoms with van der Waals surface area (Å²) in [7, 11) is 0. The van der Waals surface area contributed by atoms with Gasteiger partial charge in [-0.15, -0.1) is 11.3 Å². The van der Waals surface area contributed by atoms with Crippen LogP contribution in [0.15, 0.2) is 17.9 Å². The number of aryl methyl sites for hydroxylation is 1. The van der Waals surface area contributed by atoms with Gasteiger partial charge >= 0.3 is 12.0 Å². The third-order valence-corrected chi connectivity index (χ3v) is 3.30. The molecule has 0 saturated heterocycles. The number of hydrogen-bond acceptors (Lipinski definition) is 5. The maximum Gasteiger partial charge on any atom is 0.326 e. The minimum atomic E-state index is -1.12. The number of rotatable bonds is 5. The van der Waals surface area contributed by atoms with Crippen LogP contribution in [0.25, 0.3) is 0 Å². The first-order chi connectivity index (χ1) is 9.54. The fraction of sp³-hybridized carbons (Fsp3) is 0.273. The predicted octanol–water partition coefficient (Wildman–Crippen LogP) is 0.992. The molecule has 0 aliphatic rings. The first-order valence-electron chi connectivity index (χ1n) is 5.74. The second kappa shape index (κ2) is 6.15. The van der Waals surface area contributed by atoms with Crippen molar-refractivity contribution in [2.75, 3.05) is 5.32 Å². The lowest BCUT2D eigenvalue weighted by Crippen LogP contribution is -2.44. The number of H-pyrrole nitrogens is 1. The van der Waals surface area contributed by atoms with Gasteiger partial charge in [-0.3, -0.25) is 5.32 Å². The summed E-state index contributed by atoms with van der Waals surface area (Å²) in [4.78, 5) is 33.5. The van der Waals surface area contributed by atoms with E-state index >= 15 is 0 Å². The molecule has 0 aromatic carbocycles. The molecule has 2 rings (SSSR count). The zero-order valence-electron chi connectivity index (χ0n) is 10.6. The molecule has 0 saturated carbocycles. The van der Waals surface area contributed by atoms with Crippen molar-refractivity contribution >= 4 is 28.5 Å². The van der Waals surface area contributed by atoms with Crippen molar-refractivity contribution in [1.29, 1.82) is 0 Å². The fourth-order valence-corrected chi connectivity index (χ4v) is 2.20. The monoisotopic (exact) mass is 295 g/mol. The van der Waals surface area contributed by atoms with Gasteiger partial charge in [-0.25, -0.2) is 19.6 Å². The lowest BCUT2D eigenvalue weighted by atomic mass is 10.2. The van der Waals surface area contributed by atoms with Crippen LogP contribution < -0.4 is 10.6 Å². The maximum absolute atomic E-state index is 11.7. The minimum Gasteiger partial charge on any atom is -0.480 e. The highest BCUT2D eigenvalue weighted by molar-refractivity contribution is 7.13. The average molecular weight is 295 g/mol. The Morgan fingerprint density at radius 1 is 1.55 bits per heavy atom. The molecule has 4 N–H and O–H groups in total. The number of hydrogen-bond donors (Lipinski definition) is 4. The molecule has 2 aromatic rings. The zero-order chi connectivity index (χ0) is 14.5.